The van der Waals surface area contributed by atoms with Crippen LogP contribution >= 0.6 is 11.8 Å². The lowest BCUT2D eigenvalue weighted by molar-refractivity contribution is 0.146. The Bertz CT molecular complexity index is 102. The lowest BCUT2D eigenvalue weighted by atomic mass is 10.2. The van der Waals surface area contributed by atoms with Gasteiger partial charge in [0, 0.05) is 0 Å². The Labute approximate surface area is 83.7 Å². The van der Waals surface area contributed by atoms with Crippen molar-refractivity contribution in [2.45, 2.75) is 32.1 Å². The molecule has 0 aliphatic carbocycles. The molecule has 0 atom stereocenters. The van der Waals surface area contributed by atoms with E-state index in [1.54, 1.807) is 0 Å². The lowest BCUT2D eigenvalue weighted by Gasteiger charge is -2.03. The van der Waals surface area contributed by atoms with Gasteiger partial charge in [0.1, 0.15) is 0 Å². The van der Waals surface area contributed by atoms with Gasteiger partial charge in [-0.2, -0.15) is 11.8 Å². The Morgan fingerprint density at radius 3 is 2.46 bits per heavy atom. The summed E-state index contributed by atoms with van der Waals surface area (Å²) in [5, 5.41) is 2.72. The van der Waals surface area contributed by atoms with Crippen LogP contribution in [0.25, 0.3) is 0 Å². The van der Waals surface area contributed by atoms with Gasteiger partial charge in [0.2, 0.25) is 0 Å². The average Bonchev–Trinajstić information content (AvgIpc) is 2.09. The second-order valence-electron chi connectivity index (χ2n) is 3.00. The van der Waals surface area contributed by atoms with Crippen molar-refractivity contribution in [1.82, 2.24) is 5.32 Å². The molecule has 0 fully saturated rings. The van der Waals surface area contributed by atoms with Crippen molar-refractivity contribution in [1.29, 1.82) is 0 Å². The van der Waals surface area contributed by atoms with Crippen molar-refractivity contribution in [3.05, 3.63) is 0 Å². The van der Waals surface area contributed by atoms with Gasteiger partial charge in [-0.3, -0.25) is 0 Å². The highest BCUT2D eigenvalue weighted by Crippen LogP contribution is 2.03. The molecule has 0 spiro atoms. The monoisotopic (exact) mass is 211 g/mol. The summed E-state index contributed by atoms with van der Waals surface area (Å²) < 4.78 is 23.3. The summed E-state index contributed by atoms with van der Waals surface area (Å²) in [7, 11) is 0. The molecule has 0 rings (SSSR count). The van der Waals surface area contributed by atoms with E-state index in [-0.39, 0.29) is 6.54 Å². The van der Waals surface area contributed by atoms with E-state index in [2.05, 4.69) is 11.6 Å². The molecule has 0 aromatic rings. The molecular formula is C9H19F2NS. The third kappa shape index (κ3) is 12.2. The zero-order valence-corrected chi connectivity index (χ0v) is 9.01. The normalized spacial score (nSPS) is 11.1. The first-order chi connectivity index (χ1) is 6.27. The summed E-state index contributed by atoms with van der Waals surface area (Å²) in [4.78, 5) is 0. The Balaban J connectivity index is 2.84. The van der Waals surface area contributed by atoms with Gasteiger partial charge >= 0.3 is 0 Å². The Hall–Kier alpha value is 0.170. The molecule has 0 heterocycles. The molecule has 13 heavy (non-hydrogen) atoms. The van der Waals surface area contributed by atoms with E-state index in [9.17, 15) is 8.78 Å². The first-order valence-corrected chi connectivity index (χ1v) is 6.14. The molecule has 0 aliphatic rings. The van der Waals surface area contributed by atoms with Crippen LogP contribution in [-0.2, 0) is 0 Å². The Kier molecular flexibility index (Phi) is 10.4. The minimum absolute atomic E-state index is 0.162. The molecule has 0 aromatic heterocycles. The largest absolute Gasteiger partial charge is 0.311 e. The molecule has 0 bridgehead atoms. The first kappa shape index (κ1) is 13.2. The van der Waals surface area contributed by atoms with Crippen LogP contribution in [0.1, 0.15) is 25.7 Å². The molecule has 80 valence electrons. The van der Waals surface area contributed by atoms with E-state index in [0.717, 1.165) is 19.4 Å². The zero-order chi connectivity index (χ0) is 9.94. The Morgan fingerprint density at radius 2 is 1.85 bits per heavy atom. The molecule has 0 aromatic carbocycles. The molecule has 0 amide bonds. The highest BCUT2D eigenvalue weighted by Gasteiger charge is 1.99. The third-order valence-corrected chi connectivity index (χ3v) is 2.45. The quantitative estimate of drug-likeness (QED) is 0.589. The van der Waals surface area contributed by atoms with Gasteiger partial charge in [-0.1, -0.05) is 12.8 Å². The standard InChI is InChI=1S/C9H19F2NS/c1-13-7-5-3-2-4-6-12-8-9(10)11/h9,12H,2-8H2,1H3. The van der Waals surface area contributed by atoms with E-state index in [1.807, 2.05) is 11.8 Å². The van der Waals surface area contributed by atoms with Gasteiger partial charge in [0.25, 0.3) is 6.43 Å². The van der Waals surface area contributed by atoms with Crippen LogP contribution in [0.3, 0.4) is 0 Å². The molecule has 0 radical (unpaired) electrons. The summed E-state index contributed by atoms with van der Waals surface area (Å²) in [6, 6.07) is 0. The predicted octanol–water partition coefficient (Wildman–Crippen LogP) is 2.76. The van der Waals surface area contributed by atoms with Crippen molar-refractivity contribution in [2.75, 3.05) is 25.1 Å². The van der Waals surface area contributed by atoms with E-state index in [4.69, 9.17) is 0 Å². The van der Waals surface area contributed by atoms with Crippen LogP contribution in [0, 0.1) is 0 Å². The van der Waals surface area contributed by atoms with Crippen molar-refractivity contribution in [3.8, 4) is 0 Å². The molecule has 1 nitrogen and oxygen atoms in total. The minimum atomic E-state index is -2.21. The number of hydrogen-bond donors (Lipinski definition) is 1. The van der Waals surface area contributed by atoms with Crippen molar-refractivity contribution < 1.29 is 8.78 Å². The summed E-state index contributed by atoms with van der Waals surface area (Å²) in [5.41, 5.74) is 0. The summed E-state index contributed by atoms with van der Waals surface area (Å²) in [5.74, 6) is 1.21. The molecule has 0 saturated heterocycles. The fourth-order valence-corrected chi connectivity index (χ4v) is 1.55. The van der Waals surface area contributed by atoms with E-state index >= 15 is 0 Å². The lowest BCUT2D eigenvalue weighted by Crippen LogP contribution is -2.22. The molecule has 0 unspecified atom stereocenters. The van der Waals surface area contributed by atoms with Gasteiger partial charge in [0.05, 0.1) is 6.54 Å². The van der Waals surface area contributed by atoms with Crippen LogP contribution < -0.4 is 5.32 Å². The van der Waals surface area contributed by atoms with E-state index in [0.29, 0.717) is 0 Å². The minimum Gasteiger partial charge on any atom is -0.311 e. The molecule has 0 saturated carbocycles. The maximum atomic E-state index is 11.6. The van der Waals surface area contributed by atoms with Crippen molar-refractivity contribution in [2.24, 2.45) is 0 Å². The topological polar surface area (TPSA) is 12.0 Å². The highest BCUT2D eigenvalue weighted by molar-refractivity contribution is 7.98. The van der Waals surface area contributed by atoms with Crippen LogP contribution in [0.4, 0.5) is 8.78 Å². The number of alkyl halides is 2. The van der Waals surface area contributed by atoms with E-state index in [1.165, 1.54) is 18.6 Å². The van der Waals surface area contributed by atoms with Crippen molar-refractivity contribution >= 4 is 11.8 Å². The Morgan fingerprint density at radius 1 is 1.15 bits per heavy atom. The molecule has 4 heteroatoms. The number of rotatable bonds is 9. The third-order valence-electron chi connectivity index (χ3n) is 1.75. The van der Waals surface area contributed by atoms with Gasteiger partial charge in [-0.25, -0.2) is 8.78 Å². The summed E-state index contributed by atoms with van der Waals surface area (Å²) >= 11 is 1.86. The zero-order valence-electron chi connectivity index (χ0n) is 8.19. The van der Waals surface area contributed by atoms with Gasteiger partial charge < -0.3 is 5.32 Å². The van der Waals surface area contributed by atoms with Crippen LogP contribution in [0.15, 0.2) is 0 Å². The summed E-state index contributed by atoms with van der Waals surface area (Å²) in [6.45, 7) is 0.564. The van der Waals surface area contributed by atoms with Gasteiger partial charge in [-0.05, 0) is 31.4 Å². The number of halogens is 2. The second kappa shape index (κ2) is 10.3. The predicted molar refractivity (Wildman–Crippen MR) is 55.7 cm³/mol. The smallest absolute Gasteiger partial charge is 0.250 e. The number of thioether (sulfide) groups is 1. The molecular weight excluding hydrogens is 192 g/mol. The van der Waals surface area contributed by atoms with E-state index < -0.39 is 6.43 Å². The second-order valence-corrected chi connectivity index (χ2v) is 3.99. The van der Waals surface area contributed by atoms with Crippen LogP contribution in [0.5, 0.6) is 0 Å². The van der Waals surface area contributed by atoms with Gasteiger partial charge in [0.15, 0.2) is 0 Å². The average molecular weight is 211 g/mol. The SMILES string of the molecule is CSCCCCCCNCC(F)F. The van der Waals surface area contributed by atoms with Crippen LogP contribution in [0.2, 0.25) is 0 Å². The van der Waals surface area contributed by atoms with Crippen LogP contribution in [-0.4, -0.2) is 31.5 Å². The maximum Gasteiger partial charge on any atom is 0.250 e. The fourth-order valence-electron chi connectivity index (χ4n) is 1.06. The molecule has 0 aliphatic heterocycles. The number of hydrogen-bond acceptors (Lipinski definition) is 2. The number of nitrogens with one attached hydrogen (secondary N) is 1. The fraction of sp³-hybridized carbons (Fsp3) is 1.00. The molecule has 1 N–H and O–H groups in total. The number of unbranched alkanes of at least 4 members (excludes halogenated alkanes) is 3. The van der Waals surface area contributed by atoms with Crippen molar-refractivity contribution in [3.63, 3.8) is 0 Å². The first-order valence-electron chi connectivity index (χ1n) is 4.75. The summed E-state index contributed by atoms with van der Waals surface area (Å²) in [6.07, 6.45) is 4.52. The van der Waals surface area contributed by atoms with Gasteiger partial charge in [-0.15, -0.1) is 0 Å². The maximum absolute atomic E-state index is 11.6. The highest BCUT2D eigenvalue weighted by atomic mass is 32.2.